The number of methoxy groups -OCH3 is 1. The van der Waals surface area contributed by atoms with Gasteiger partial charge in [0.25, 0.3) is 0 Å². The molecule has 198 valence electrons. The van der Waals surface area contributed by atoms with E-state index in [1.165, 1.54) is 34.3 Å². The number of nitrogens with zero attached hydrogens (tertiary/aromatic N) is 1. The minimum absolute atomic E-state index is 0.0815. The summed E-state index contributed by atoms with van der Waals surface area (Å²) in [5.41, 5.74) is 4.84. The monoisotopic (exact) mass is 536 g/mol. The molecule has 6 nitrogen and oxygen atoms in total. The van der Waals surface area contributed by atoms with Gasteiger partial charge < -0.3 is 28.8 Å². The highest BCUT2D eigenvalue weighted by Gasteiger charge is 2.30. The second kappa shape index (κ2) is 11.9. The van der Waals surface area contributed by atoms with Gasteiger partial charge in [-0.05, 0) is 78.3 Å². The number of hydrogen-bond donors (Lipinski definition) is 1. The molecule has 1 aromatic heterocycles. The van der Waals surface area contributed by atoms with Crippen molar-refractivity contribution >= 4 is 22.5 Å². The predicted molar refractivity (Wildman–Crippen MR) is 146 cm³/mol. The smallest absolute Gasteiger partial charge is 0.191 e. The molecule has 1 atom stereocenters. The Kier molecular flexibility index (Phi) is 8.17. The summed E-state index contributed by atoms with van der Waals surface area (Å²) in [5.74, 6) is 1.24. The van der Waals surface area contributed by atoms with E-state index in [0.29, 0.717) is 25.6 Å². The molecule has 0 saturated carbocycles. The van der Waals surface area contributed by atoms with Crippen molar-refractivity contribution in [1.29, 1.82) is 0 Å². The largest absolute Gasteiger partial charge is 0.497 e. The lowest BCUT2D eigenvalue weighted by molar-refractivity contribution is -0.0684. The van der Waals surface area contributed by atoms with Crippen molar-refractivity contribution < 1.29 is 23.3 Å². The van der Waals surface area contributed by atoms with Crippen molar-refractivity contribution in [2.75, 3.05) is 33.5 Å². The van der Waals surface area contributed by atoms with Gasteiger partial charge in [-0.2, -0.15) is 0 Å². The second-order valence-electron chi connectivity index (χ2n) is 8.99. The van der Waals surface area contributed by atoms with Crippen molar-refractivity contribution in [2.24, 2.45) is 0 Å². The molecule has 2 aliphatic rings. The SMILES string of the molecule is C=CN1CCc2c([nH]c3ccc(Cl)cc23)C1c1ccc(OCC2OCCO2)cc1.COc1ccc(F)cc1. The van der Waals surface area contributed by atoms with Crippen LogP contribution in [0.5, 0.6) is 11.5 Å². The van der Waals surface area contributed by atoms with E-state index in [0.717, 1.165) is 29.3 Å². The van der Waals surface area contributed by atoms with Crippen LogP contribution in [-0.4, -0.2) is 49.6 Å². The van der Waals surface area contributed by atoms with Crippen molar-refractivity contribution in [2.45, 2.75) is 18.8 Å². The van der Waals surface area contributed by atoms with E-state index in [1.807, 2.05) is 24.4 Å². The van der Waals surface area contributed by atoms with Crippen LogP contribution in [0.3, 0.4) is 0 Å². The quantitative estimate of drug-likeness (QED) is 0.305. The van der Waals surface area contributed by atoms with E-state index in [9.17, 15) is 4.39 Å². The van der Waals surface area contributed by atoms with Crippen LogP contribution in [-0.2, 0) is 15.9 Å². The summed E-state index contributed by atoms with van der Waals surface area (Å²) in [6.45, 7) is 6.60. The van der Waals surface area contributed by atoms with Gasteiger partial charge in [0.2, 0.25) is 0 Å². The fraction of sp³-hybridized carbons (Fsp3) is 0.267. The lowest BCUT2D eigenvalue weighted by Crippen LogP contribution is -2.31. The number of rotatable bonds is 6. The summed E-state index contributed by atoms with van der Waals surface area (Å²) >= 11 is 6.25. The van der Waals surface area contributed by atoms with Crippen LogP contribution in [0.15, 0.2) is 79.5 Å². The van der Waals surface area contributed by atoms with Crippen LogP contribution >= 0.6 is 11.6 Å². The van der Waals surface area contributed by atoms with Gasteiger partial charge in [-0.25, -0.2) is 4.39 Å². The highest BCUT2D eigenvalue weighted by molar-refractivity contribution is 6.31. The van der Waals surface area contributed by atoms with Gasteiger partial charge in [-0.15, -0.1) is 0 Å². The summed E-state index contributed by atoms with van der Waals surface area (Å²) in [6.07, 6.45) is 2.61. The molecule has 38 heavy (non-hydrogen) atoms. The number of ether oxygens (including phenoxy) is 4. The molecule has 2 aliphatic heterocycles. The number of fused-ring (bicyclic) bond motifs is 3. The van der Waals surface area contributed by atoms with Crippen LogP contribution in [0.2, 0.25) is 5.02 Å². The fourth-order valence-corrected chi connectivity index (χ4v) is 4.99. The highest BCUT2D eigenvalue weighted by Crippen LogP contribution is 2.39. The van der Waals surface area contributed by atoms with Crippen LogP contribution in [0.1, 0.15) is 22.9 Å². The van der Waals surface area contributed by atoms with E-state index in [4.69, 9.17) is 30.5 Å². The van der Waals surface area contributed by atoms with Gasteiger partial charge in [0.15, 0.2) is 6.29 Å². The van der Waals surface area contributed by atoms with Crippen molar-refractivity contribution in [3.05, 3.63) is 107 Å². The lowest BCUT2D eigenvalue weighted by atomic mass is 9.92. The average molecular weight is 537 g/mol. The van der Waals surface area contributed by atoms with Crippen LogP contribution in [0, 0.1) is 5.82 Å². The number of aromatic amines is 1. The highest BCUT2D eigenvalue weighted by atomic mass is 35.5. The average Bonchev–Trinajstić information content (AvgIpc) is 3.60. The first-order valence-electron chi connectivity index (χ1n) is 12.5. The molecule has 3 heterocycles. The first-order valence-corrected chi connectivity index (χ1v) is 12.9. The molecule has 0 amide bonds. The van der Waals surface area contributed by atoms with Crippen molar-refractivity contribution in [3.63, 3.8) is 0 Å². The fourth-order valence-electron chi connectivity index (χ4n) is 4.82. The maximum Gasteiger partial charge on any atom is 0.191 e. The zero-order valence-electron chi connectivity index (χ0n) is 21.2. The number of nitrogens with one attached hydrogen (secondary N) is 1. The molecule has 1 fully saturated rings. The van der Waals surface area contributed by atoms with Crippen LogP contribution in [0.25, 0.3) is 10.9 Å². The summed E-state index contributed by atoms with van der Waals surface area (Å²) in [4.78, 5) is 5.89. The Morgan fingerprint density at radius 2 is 1.76 bits per heavy atom. The topological polar surface area (TPSA) is 56.0 Å². The number of aromatic nitrogens is 1. The van der Waals surface area contributed by atoms with Gasteiger partial charge in [0.05, 0.1) is 26.4 Å². The zero-order valence-corrected chi connectivity index (χ0v) is 21.9. The van der Waals surface area contributed by atoms with Crippen molar-refractivity contribution in [1.82, 2.24) is 9.88 Å². The molecule has 1 saturated heterocycles. The maximum atomic E-state index is 12.2. The second-order valence-corrected chi connectivity index (χ2v) is 9.43. The Morgan fingerprint density at radius 3 is 2.45 bits per heavy atom. The Bertz CT molecular complexity index is 1370. The Morgan fingerprint density at radius 1 is 1.05 bits per heavy atom. The molecular weight excluding hydrogens is 507 g/mol. The molecule has 3 aromatic carbocycles. The predicted octanol–water partition coefficient (Wildman–Crippen LogP) is 6.50. The van der Waals surface area contributed by atoms with Gasteiger partial charge in [-0.3, -0.25) is 0 Å². The normalized spacial score (nSPS) is 17.0. The number of hydrogen-bond acceptors (Lipinski definition) is 5. The zero-order chi connectivity index (χ0) is 26.5. The first kappa shape index (κ1) is 26.1. The Labute approximate surface area is 226 Å². The summed E-state index contributed by atoms with van der Waals surface area (Å²) in [5, 5.41) is 1.97. The maximum absolute atomic E-state index is 12.2. The minimum atomic E-state index is -0.273. The van der Waals surface area contributed by atoms with E-state index in [-0.39, 0.29) is 18.1 Å². The molecule has 6 rings (SSSR count). The van der Waals surface area contributed by atoms with Crippen LogP contribution < -0.4 is 9.47 Å². The standard InChI is InChI=1S/C23H23ClN2O3.C7H7FO/c1-2-26-10-9-18-19-13-16(24)5-8-20(19)25-22(18)23(26)15-3-6-17(7-4-15)29-14-21-27-11-12-28-21;1-9-7-4-2-6(8)3-5-7/h2-8,13,21,23,25H,1,9-12,14H2;2-5H,1H3. The Hall–Kier alpha value is -3.52. The molecular formula is C30H30ClFN2O4. The third-order valence-electron chi connectivity index (χ3n) is 6.68. The summed E-state index contributed by atoms with van der Waals surface area (Å²) in [7, 11) is 1.55. The number of halogens is 2. The Balaban J connectivity index is 0.000000278. The van der Waals surface area contributed by atoms with Crippen LogP contribution in [0.4, 0.5) is 4.39 Å². The number of benzene rings is 3. The number of H-pyrrole nitrogens is 1. The molecule has 4 aromatic rings. The lowest BCUT2D eigenvalue weighted by Gasteiger charge is -2.35. The molecule has 1 unspecified atom stereocenters. The minimum Gasteiger partial charge on any atom is -0.497 e. The molecule has 0 aliphatic carbocycles. The van der Waals surface area contributed by atoms with E-state index in [1.54, 1.807) is 19.2 Å². The molecule has 0 spiro atoms. The van der Waals surface area contributed by atoms with E-state index >= 15 is 0 Å². The summed E-state index contributed by atoms with van der Waals surface area (Å²) in [6, 6.07) is 20.2. The molecule has 8 heteroatoms. The first-order chi connectivity index (χ1) is 18.6. The third-order valence-corrected chi connectivity index (χ3v) is 6.92. The van der Waals surface area contributed by atoms with Crippen molar-refractivity contribution in [3.8, 4) is 11.5 Å². The van der Waals surface area contributed by atoms with Gasteiger partial charge in [0, 0.05) is 28.2 Å². The van der Waals surface area contributed by atoms with Gasteiger partial charge in [0.1, 0.15) is 23.9 Å². The molecule has 0 radical (unpaired) electrons. The van der Waals surface area contributed by atoms with E-state index < -0.39 is 0 Å². The molecule has 1 N–H and O–H groups in total. The third kappa shape index (κ3) is 5.80. The van der Waals surface area contributed by atoms with Gasteiger partial charge >= 0.3 is 0 Å². The molecule has 0 bridgehead atoms. The summed E-state index contributed by atoms with van der Waals surface area (Å²) < 4.78 is 33.6. The van der Waals surface area contributed by atoms with Gasteiger partial charge in [-0.1, -0.05) is 30.3 Å². The van der Waals surface area contributed by atoms with E-state index in [2.05, 4.69) is 40.7 Å².